The molecule has 4 rings (SSSR count). The van der Waals surface area contributed by atoms with Crippen LogP contribution in [0.15, 0.2) is 65.9 Å². The summed E-state index contributed by atoms with van der Waals surface area (Å²) >= 11 is 2.66. The molecule has 0 unspecified atom stereocenters. The maximum atomic E-state index is 12.7. The first kappa shape index (κ1) is 19.9. The number of nitrogens with zero attached hydrogens (tertiary/aromatic N) is 4. The number of thiazole rings is 1. The zero-order valence-corrected chi connectivity index (χ0v) is 17.4. The van der Waals surface area contributed by atoms with Crippen molar-refractivity contribution >= 4 is 39.6 Å². The molecule has 0 saturated heterocycles. The summed E-state index contributed by atoms with van der Waals surface area (Å²) in [5, 5.41) is 14.0. The second kappa shape index (κ2) is 9.42. The number of amides is 2. The molecule has 0 radical (unpaired) electrons. The minimum absolute atomic E-state index is 0.117. The lowest BCUT2D eigenvalue weighted by atomic mass is 10.1. The first-order valence-electron chi connectivity index (χ1n) is 9.13. The molecule has 2 N–H and O–H groups in total. The summed E-state index contributed by atoms with van der Waals surface area (Å²) in [4.78, 5) is 33.7. The van der Waals surface area contributed by atoms with Gasteiger partial charge in [-0.2, -0.15) is 5.10 Å². The molecule has 0 saturated carbocycles. The number of hydrogen-bond acceptors (Lipinski definition) is 7. The fourth-order valence-electron chi connectivity index (χ4n) is 2.86. The molecule has 10 heteroatoms. The predicted molar refractivity (Wildman–Crippen MR) is 115 cm³/mol. The lowest BCUT2D eigenvalue weighted by Crippen LogP contribution is -2.32. The second-order valence-corrected chi connectivity index (χ2v) is 8.21. The number of aromatic nitrogens is 4. The molecular weight excluding hydrogens is 420 g/mol. The largest absolute Gasteiger partial charge is 0.347 e. The molecule has 1 aromatic carbocycles. The van der Waals surface area contributed by atoms with Crippen LogP contribution in [-0.2, 0) is 17.8 Å². The van der Waals surface area contributed by atoms with E-state index in [4.69, 9.17) is 0 Å². The van der Waals surface area contributed by atoms with Gasteiger partial charge in [0.05, 0.1) is 29.6 Å². The Labute approximate surface area is 180 Å². The summed E-state index contributed by atoms with van der Waals surface area (Å²) in [7, 11) is 0. The van der Waals surface area contributed by atoms with Crippen LogP contribution < -0.4 is 10.6 Å². The molecule has 30 heavy (non-hydrogen) atoms. The highest BCUT2D eigenvalue weighted by molar-refractivity contribution is 7.14. The zero-order chi connectivity index (χ0) is 20.8. The SMILES string of the molecule is O=C(Cc1csc(NC(=O)c2cccs2)n1)N[C@@H](Cn1cncn1)c1ccccc1. The van der Waals surface area contributed by atoms with E-state index in [0.29, 0.717) is 22.2 Å². The summed E-state index contributed by atoms with van der Waals surface area (Å²) in [6, 6.07) is 13.0. The lowest BCUT2D eigenvalue weighted by molar-refractivity contribution is -0.121. The Hall–Kier alpha value is -3.37. The molecule has 0 aliphatic carbocycles. The number of carbonyl (C=O) groups is 2. The van der Waals surface area contributed by atoms with E-state index in [2.05, 4.69) is 25.7 Å². The van der Waals surface area contributed by atoms with E-state index < -0.39 is 0 Å². The van der Waals surface area contributed by atoms with Crippen molar-refractivity contribution in [3.05, 3.63) is 82.0 Å². The Kier molecular flexibility index (Phi) is 6.26. The Balaban J connectivity index is 1.39. The smallest absolute Gasteiger partial charge is 0.267 e. The molecule has 8 nitrogen and oxygen atoms in total. The van der Waals surface area contributed by atoms with Crippen LogP contribution in [0.2, 0.25) is 0 Å². The van der Waals surface area contributed by atoms with Gasteiger partial charge >= 0.3 is 0 Å². The van der Waals surface area contributed by atoms with Crippen LogP contribution in [0.1, 0.15) is 27.0 Å². The van der Waals surface area contributed by atoms with Gasteiger partial charge in [0.25, 0.3) is 5.91 Å². The molecule has 0 bridgehead atoms. The van der Waals surface area contributed by atoms with Gasteiger partial charge in [-0.3, -0.25) is 19.6 Å². The van der Waals surface area contributed by atoms with Gasteiger partial charge in [0.15, 0.2) is 5.13 Å². The van der Waals surface area contributed by atoms with E-state index in [9.17, 15) is 9.59 Å². The molecule has 3 aromatic heterocycles. The molecule has 0 fully saturated rings. The predicted octanol–water partition coefficient (Wildman–Crippen LogP) is 3.15. The molecule has 152 valence electrons. The van der Waals surface area contributed by atoms with Gasteiger partial charge in [-0.1, -0.05) is 36.4 Å². The molecule has 1 atom stereocenters. The van der Waals surface area contributed by atoms with Crippen LogP contribution in [0.5, 0.6) is 0 Å². The topological polar surface area (TPSA) is 102 Å². The number of rotatable bonds is 8. The standard InChI is InChI=1S/C20H18N6O2S2/c27-18(9-15-11-30-20(23-15)25-19(28)17-7-4-8-29-17)24-16(10-26-13-21-12-22-26)14-5-2-1-3-6-14/h1-8,11-13,16H,9-10H2,(H,24,27)(H,23,25,28)/t16-/m0/s1. The van der Waals surface area contributed by atoms with Gasteiger partial charge in [-0.05, 0) is 17.0 Å². The first-order chi connectivity index (χ1) is 14.7. The van der Waals surface area contributed by atoms with Crippen molar-refractivity contribution in [1.82, 2.24) is 25.1 Å². The van der Waals surface area contributed by atoms with Gasteiger partial charge < -0.3 is 5.32 Å². The van der Waals surface area contributed by atoms with E-state index in [1.165, 1.54) is 29.0 Å². The van der Waals surface area contributed by atoms with Crippen molar-refractivity contribution in [3.8, 4) is 0 Å². The van der Waals surface area contributed by atoms with Crippen LogP contribution in [0.3, 0.4) is 0 Å². The van der Waals surface area contributed by atoms with Crippen molar-refractivity contribution in [2.75, 3.05) is 5.32 Å². The third-order valence-corrected chi connectivity index (χ3v) is 5.91. The summed E-state index contributed by atoms with van der Waals surface area (Å²) < 4.78 is 1.68. The molecule has 0 spiro atoms. The van der Waals surface area contributed by atoms with Gasteiger partial charge in [-0.15, -0.1) is 22.7 Å². The number of nitrogens with one attached hydrogen (secondary N) is 2. The Morgan fingerprint density at radius 3 is 2.70 bits per heavy atom. The van der Waals surface area contributed by atoms with E-state index in [0.717, 1.165) is 5.56 Å². The highest BCUT2D eigenvalue weighted by Gasteiger charge is 2.17. The maximum Gasteiger partial charge on any atom is 0.267 e. The van der Waals surface area contributed by atoms with Crippen LogP contribution in [0.25, 0.3) is 0 Å². The number of hydrogen-bond donors (Lipinski definition) is 2. The van der Waals surface area contributed by atoms with E-state index in [1.807, 2.05) is 41.8 Å². The third-order valence-electron chi connectivity index (χ3n) is 4.23. The number of thiophene rings is 1. The highest BCUT2D eigenvalue weighted by atomic mass is 32.1. The van der Waals surface area contributed by atoms with Gasteiger partial charge in [0.1, 0.15) is 12.7 Å². The van der Waals surface area contributed by atoms with Gasteiger partial charge in [-0.25, -0.2) is 9.97 Å². The van der Waals surface area contributed by atoms with Crippen molar-refractivity contribution < 1.29 is 9.59 Å². The third kappa shape index (κ3) is 5.16. The summed E-state index contributed by atoms with van der Waals surface area (Å²) in [5.74, 6) is -0.363. The fourth-order valence-corrected chi connectivity index (χ4v) is 4.18. The van der Waals surface area contributed by atoms with Gasteiger partial charge in [0, 0.05) is 5.38 Å². The van der Waals surface area contributed by atoms with Crippen molar-refractivity contribution in [2.45, 2.75) is 19.0 Å². The Bertz CT molecular complexity index is 1090. The van der Waals surface area contributed by atoms with Crippen LogP contribution in [0.4, 0.5) is 5.13 Å². The minimum atomic E-state index is -0.253. The van der Waals surface area contributed by atoms with Gasteiger partial charge in [0.2, 0.25) is 5.91 Å². The van der Waals surface area contributed by atoms with Crippen molar-refractivity contribution in [3.63, 3.8) is 0 Å². The zero-order valence-electron chi connectivity index (χ0n) is 15.8. The second-order valence-electron chi connectivity index (χ2n) is 6.40. The number of carbonyl (C=O) groups excluding carboxylic acids is 2. The highest BCUT2D eigenvalue weighted by Crippen LogP contribution is 2.19. The summed E-state index contributed by atoms with van der Waals surface area (Å²) in [5.41, 5.74) is 1.58. The molecule has 0 aliphatic heterocycles. The van der Waals surface area contributed by atoms with Crippen LogP contribution in [0, 0.1) is 0 Å². The Morgan fingerprint density at radius 2 is 1.97 bits per heavy atom. The van der Waals surface area contributed by atoms with Crippen LogP contribution in [-0.4, -0.2) is 31.6 Å². The Morgan fingerprint density at radius 1 is 1.10 bits per heavy atom. The first-order valence-corrected chi connectivity index (χ1v) is 10.9. The average molecular weight is 439 g/mol. The normalized spacial score (nSPS) is 11.7. The van der Waals surface area contributed by atoms with Crippen LogP contribution >= 0.6 is 22.7 Å². The molecule has 0 aliphatic rings. The fraction of sp³-hybridized carbons (Fsp3) is 0.150. The lowest BCUT2D eigenvalue weighted by Gasteiger charge is -2.19. The number of benzene rings is 1. The molecule has 3 heterocycles. The summed E-state index contributed by atoms with van der Waals surface area (Å²) in [6.07, 6.45) is 3.20. The maximum absolute atomic E-state index is 12.7. The average Bonchev–Trinajstić information content (AvgIpc) is 3.51. The number of anilines is 1. The van der Waals surface area contributed by atoms with E-state index in [1.54, 1.807) is 22.5 Å². The van der Waals surface area contributed by atoms with Crippen molar-refractivity contribution in [1.29, 1.82) is 0 Å². The molecular formula is C20H18N6O2S2. The van der Waals surface area contributed by atoms with E-state index >= 15 is 0 Å². The van der Waals surface area contributed by atoms with E-state index in [-0.39, 0.29) is 24.3 Å². The quantitative estimate of drug-likeness (QED) is 0.440. The minimum Gasteiger partial charge on any atom is -0.347 e. The monoisotopic (exact) mass is 438 g/mol. The molecule has 4 aromatic rings. The van der Waals surface area contributed by atoms with Crippen molar-refractivity contribution in [2.24, 2.45) is 0 Å². The summed E-state index contributed by atoms with van der Waals surface area (Å²) in [6.45, 7) is 0.467. The molecule has 2 amide bonds.